The summed E-state index contributed by atoms with van der Waals surface area (Å²) in [5.41, 5.74) is -2.99. The topological polar surface area (TPSA) is 136 Å². The third kappa shape index (κ3) is 5.15. The molecule has 4 unspecified atom stereocenters. The highest BCUT2D eigenvalue weighted by Gasteiger charge is 2.71. The van der Waals surface area contributed by atoms with Gasteiger partial charge in [-0.15, -0.1) is 0 Å². The Kier molecular flexibility index (Phi) is 7.41. The Balaban J connectivity index is 1.91. The molecular weight excluding hydrogens is 549 g/mol. The Morgan fingerprint density at radius 1 is 1.00 bits per heavy atom. The highest BCUT2D eigenvalue weighted by atomic mass is 32.2. The van der Waals surface area contributed by atoms with Crippen molar-refractivity contribution in [2.45, 2.75) is 80.6 Å². The van der Waals surface area contributed by atoms with Gasteiger partial charge in [-0.1, -0.05) is 0 Å². The van der Waals surface area contributed by atoms with E-state index in [2.05, 4.69) is 14.2 Å². The number of alkyl halides is 7. The van der Waals surface area contributed by atoms with Crippen LogP contribution in [0.15, 0.2) is 0 Å². The van der Waals surface area contributed by atoms with E-state index in [-0.39, 0.29) is 31.1 Å². The third-order valence-corrected chi connectivity index (χ3v) is 8.03. The normalized spacial score (nSPS) is 31.6. The Morgan fingerprint density at radius 2 is 1.54 bits per heavy atom. The first kappa shape index (κ1) is 29.8. The van der Waals surface area contributed by atoms with E-state index >= 15 is 0 Å². The van der Waals surface area contributed by atoms with E-state index in [4.69, 9.17) is 4.55 Å². The number of aliphatic hydroxyl groups is 1. The predicted octanol–water partition coefficient (Wildman–Crippen LogP) is 3.21. The molecule has 9 nitrogen and oxygen atoms in total. The van der Waals surface area contributed by atoms with E-state index < -0.39 is 75.8 Å². The van der Waals surface area contributed by atoms with Gasteiger partial charge in [0.1, 0.15) is 0 Å². The third-order valence-electron chi connectivity index (χ3n) is 7.09. The van der Waals surface area contributed by atoms with Gasteiger partial charge in [0.15, 0.2) is 0 Å². The monoisotopic (exact) mass is 574 g/mol. The molecule has 4 rings (SSSR count). The Bertz CT molecular complexity index is 1020. The van der Waals surface area contributed by atoms with Crippen molar-refractivity contribution in [2.75, 3.05) is 13.2 Å². The summed E-state index contributed by atoms with van der Waals surface area (Å²) in [6.07, 6.45) is -7.38. The molecule has 4 aliphatic carbocycles. The van der Waals surface area contributed by atoms with E-state index in [1.165, 1.54) is 0 Å². The molecule has 4 aliphatic rings. The maximum atomic E-state index is 14.2. The van der Waals surface area contributed by atoms with Gasteiger partial charge in [0.25, 0.3) is 0 Å². The summed E-state index contributed by atoms with van der Waals surface area (Å²) < 4.78 is 140. The number of hydrogen-bond donors (Lipinski definition) is 2. The standard InChI is InChI=1S/C20H25F7O9S/c1-2-34-14(29)18(19(23,24)25,35-4-3-17(21,22)20(26,27)37(31,32)33)36-13(28)15-6-11-5-12(7-15)9-16(30,8-11)10-15/h11-12,30H,2-10H2,1H3,(H,31,32,33)/t11-,12?,15?,16?,18?/m1/s1. The molecule has 0 amide bonds. The number of ether oxygens (including phenoxy) is 3. The summed E-state index contributed by atoms with van der Waals surface area (Å²) in [7, 11) is -6.69. The number of hydrogen-bond acceptors (Lipinski definition) is 8. The maximum absolute atomic E-state index is 14.2. The molecular formula is C20H25F7O9S. The largest absolute Gasteiger partial charge is 0.468 e. The van der Waals surface area contributed by atoms with Crippen LogP contribution in [0.5, 0.6) is 0 Å². The van der Waals surface area contributed by atoms with Crippen molar-refractivity contribution in [1.82, 2.24) is 0 Å². The lowest BCUT2D eigenvalue weighted by Crippen LogP contribution is -2.63. The minimum absolute atomic E-state index is 0.0278. The van der Waals surface area contributed by atoms with Gasteiger partial charge in [-0.25, -0.2) is 4.79 Å². The van der Waals surface area contributed by atoms with Gasteiger partial charge in [0.05, 0.1) is 24.2 Å². The van der Waals surface area contributed by atoms with Gasteiger partial charge in [-0.05, 0) is 57.3 Å². The Morgan fingerprint density at radius 3 is 1.97 bits per heavy atom. The first-order valence-electron chi connectivity index (χ1n) is 11.2. The molecule has 4 fully saturated rings. The molecule has 4 saturated carbocycles. The molecule has 0 aromatic heterocycles. The van der Waals surface area contributed by atoms with Crippen molar-refractivity contribution >= 4 is 22.1 Å². The first-order valence-corrected chi connectivity index (χ1v) is 12.6. The molecule has 0 aromatic carbocycles. The summed E-state index contributed by atoms with van der Waals surface area (Å²) in [5.74, 6) is -14.7. The molecule has 2 N–H and O–H groups in total. The van der Waals surface area contributed by atoms with E-state index in [9.17, 15) is 53.8 Å². The van der Waals surface area contributed by atoms with Crippen LogP contribution in [0.1, 0.15) is 51.9 Å². The van der Waals surface area contributed by atoms with Crippen molar-refractivity contribution in [3.05, 3.63) is 0 Å². The maximum Gasteiger partial charge on any atom is 0.468 e. The van der Waals surface area contributed by atoms with Gasteiger partial charge in [0.2, 0.25) is 0 Å². The minimum atomic E-state index is -6.69. The van der Waals surface area contributed by atoms with Gasteiger partial charge < -0.3 is 19.3 Å². The summed E-state index contributed by atoms with van der Waals surface area (Å²) in [6, 6.07) is 0. The Labute approximate surface area is 206 Å². The summed E-state index contributed by atoms with van der Waals surface area (Å²) in [5, 5.41) is 4.65. The molecule has 0 radical (unpaired) electrons. The van der Waals surface area contributed by atoms with Crippen molar-refractivity contribution in [3.8, 4) is 0 Å². The van der Waals surface area contributed by atoms with E-state index in [0.717, 1.165) is 6.92 Å². The zero-order valence-electron chi connectivity index (χ0n) is 19.3. The lowest BCUT2D eigenvalue weighted by atomic mass is 9.48. The number of carbonyl (C=O) groups excluding carboxylic acids is 2. The second kappa shape index (κ2) is 9.19. The van der Waals surface area contributed by atoms with Crippen LogP contribution in [0.2, 0.25) is 0 Å². The van der Waals surface area contributed by atoms with Crippen molar-refractivity contribution < 1.29 is 72.6 Å². The van der Waals surface area contributed by atoms with Crippen LogP contribution < -0.4 is 0 Å². The fraction of sp³-hybridized carbons (Fsp3) is 0.900. The van der Waals surface area contributed by atoms with Crippen molar-refractivity contribution in [3.63, 3.8) is 0 Å². The smallest absolute Gasteiger partial charge is 0.461 e. The van der Waals surface area contributed by atoms with E-state index in [1.807, 2.05) is 0 Å². The van der Waals surface area contributed by atoms with Gasteiger partial charge in [-0.2, -0.15) is 39.2 Å². The molecule has 0 spiro atoms. The number of halogens is 7. The zero-order valence-corrected chi connectivity index (χ0v) is 20.1. The van der Waals surface area contributed by atoms with E-state index in [0.29, 0.717) is 19.3 Å². The lowest BCUT2D eigenvalue weighted by molar-refractivity contribution is -0.362. The van der Waals surface area contributed by atoms with Crippen LogP contribution in [0, 0.1) is 17.3 Å². The molecule has 0 aliphatic heterocycles. The summed E-state index contributed by atoms with van der Waals surface area (Å²) in [4.78, 5) is 25.5. The fourth-order valence-corrected chi connectivity index (χ4v) is 6.44. The van der Waals surface area contributed by atoms with Crippen LogP contribution in [-0.4, -0.2) is 72.0 Å². The highest BCUT2D eigenvalue weighted by Crippen LogP contribution is 2.62. The van der Waals surface area contributed by atoms with Gasteiger partial charge in [-0.3, -0.25) is 9.35 Å². The SMILES string of the molecule is CCOC(=O)C(OCCC(F)(F)C(F)(F)S(=O)(=O)O)(OC(=O)C12CC3C[C@@H](CC(O)(C3)C1)C2)C(F)(F)F. The molecule has 0 heterocycles. The molecule has 5 atom stereocenters. The van der Waals surface area contributed by atoms with Crippen LogP contribution in [-0.2, 0) is 33.9 Å². The molecule has 17 heteroatoms. The van der Waals surface area contributed by atoms with Crippen LogP contribution in [0.25, 0.3) is 0 Å². The predicted molar refractivity (Wildman–Crippen MR) is 106 cm³/mol. The van der Waals surface area contributed by atoms with E-state index in [1.54, 1.807) is 0 Å². The van der Waals surface area contributed by atoms with Crippen molar-refractivity contribution in [2.24, 2.45) is 17.3 Å². The van der Waals surface area contributed by atoms with Crippen LogP contribution in [0.3, 0.4) is 0 Å². The summed E-state index contributed by atoms with van der Waals surface area (Å²) >= 11 is 0. The molecule has 0 aromatic rings. The highest BCUT2D eigenvalue weighted by molar-refractivity contribution is 7.87. The number of carbonyl (C=O) groups is 2. The molecule has 4 bridgehead atoms. The zero-order chi connectivity index (χ0) is 28.3. The fourth-order valence-electron chi connectivity index (χ4n) is 5.96. The van der Waals surface area contributed by atoms with Crippen LogP contribution in [0.4, 0.5) is 30.7 Å². The molecule has 214 valence electrons. The average Bonchev–Trinajstić information content (AvgIpc) is 2.69. The Hall–Kier alpha value is -1.72. The molecule has 37 heavy (non-hydrogen) atoms. The van der Waals surface area contributed by atoms with Crippen molar-refractivity contribution in [1.29, 1.82) is 0 Å². The van der Waals surface area contributed by atoms with Crippen LogP contribution >= 0.6 is 0 Å². The molecule has 0 saturated heterocycles. The number of esters is 2. The van der Waals surface area contributed by atoms with Gasteiger partial charge >= 0.3 is 45.2 Å². The quantitative estimate of drug-likeness (QED) is 0.174. The number of rotatable bonds is 10. The lowest BCUT2D eigenvalue weighted by Gasteiger charge is -2.59. The second-order valence-electron chi connectivity index (χ2n) is 9.98. The minimum Gasteiger partial charge on any atom is -0.461 e. The van der Waals surface area contributed by atoms with Gasteiger partial charge in [0, 0.05) is 6.42 Å². The summed E-state index contributed by atoms with van der Waals surface area (Å²) in [6.45, 7) is -1.73. The second-order valence-corrected chi connectivity index (χ2v) is 11.4. The first-order chi connectivity index (χ1) is 16.6. The average molecular weight is 574 g/mol.